The molecule has 2 aromatic carbocycles. The predicted molar refractivity (Wildman–Crippen MR) is 158 cm³/mol. The summed E-state index contributed by atoms with van der Waals surface area (Å²) in [5.41, 5.74) is -1.23. The number of alkyl halides is 3. The molecule has 2 aliphatic heterocycles. The second-order valence-corrected chi connectivity index (χ2v) is 11.8. The van der Waals surface area contributed by atoms with E-state index in [0.717, 1.165) is 38.3 Å². The maximum Gasteiger partial charge on any atom is 0.417 e. The van der Waals surface area contributed by atoms with E-state index in [1.54, 1.807) is 0 Å². The average Bonchev–Trinajstić information content (AvgIpc) is 3.85. The van der Waals surface area contributed by atoms with E-state index in [-0.39, 0.29) is 17.3 Å². The van der Waals surface area contributed by atoms with E-state index in [2.05, 4.69) is 30.0 Å². The van der Waals surface area contributed by atoms with Gasteiger partial charge >= 0.3 is 6.18 Å². The van der Waals surface area contributed by atoms with Gasteiger partial charge in [-0.2, -0.15) is 13.2 Å². The Hall–Kier alpha value is -3.84. The highest BCUT2D eigenvalue weighted by Gasteiger charge is 2.36. The molecule has 6 rings (SSSR count). The first-order chi connectivity index (χ1) is 21.0. The number of benzene rings is 2. The smallest absolute Gasteiger partial charge is 0.367 e. The zero-order chi connectivity index (χ0) is 31.2. The molecule has 13 heteroatoms. The first-order valence-corrected chi connectivity index (χ1v) is 14.8. The van der Waals surface area contributed by atoms with Crippen molar-refractivity contribution in [3.05, 3.63) is 65.5 Å². The highest BCUT2D eigenvalue weighted by molar-refractivity contribution is 6.07. The Bertz CT molecular complexity index is 1520. The summed E-state index contributed by atoms with van der Waals surface area (Å²) in [4.78, 5) is 30.8. The van der Waals surface area contributed by atoms with Crippen LogP contribution in [-0.2, 0) is 6.18 Å². The predicted octanol–water partition coefficient (Wildman–Crippen LogP) is 5.12. The third-order valence-corrected chi connectivity index (χ3v) is 8.78. The number of likely N-dealkylation sites (N-methyl/N-ethyl adjacent to an activating group) is 1. The van der Waals surface area contributed by atoms with Crippen LogP contribution in [0.4, 0.5) is 39.3 Å². The van der Waals surface area contributed by atoms with E-state index in [0.29, 0.717) is 48.9 Å². The van der Waals surface area contributed by atoms with Gasteiger partial charge < -0.3 is 20.0 Å². The standard InChI is InChI=1S/C31H34F5N7O/c1-19-18-43(8-7-40(19)2)28-15-26(33)24(14-27(28)39-29(44)23-6-3-21(32)13-25(23)31(34,35)36)20-16-37-30(38-17-20)42-11-9-41(10-12-42)22-4-5-22/h3,6,13-17,19,22H,4-5,7-12,18H2,1-2H3,(H,39,44)/t19-/m1/s1. The number of piperazine rings is 2. The molecule has 1 aliphatic carbocycles. The highest BCUT2D eigenvalue weighted by Crippen LogP contribution is 2.37. The van der Waals surface area contributed by atoms with Gasteiger partial charge in [-0.1, -0.05) is 0 Å². The Morgan fingerprint density at radius 3 is 2.25 bits per heavy atom. The molecule has 3 heterocycles. The molecule has 234 valence electrons. The van der Waals surface area contributed by atoms with Crippen molar-refractivity contribution in [3.63, 3.8) is 0 Å². The van der Waals surface area contributed by atoms with Gasteiger partial charge in [-0.15, -0.1) is 0 Å². The monoisotopic (exact) mass is 615 g/mol. The minimum Gasteiger partial charge on any atom is -0.367 e. The van der Waals surface area contributed by atoms with E-state index >= 15 is 4.39 Å². The Morgan fingerprint density at radius 2 is 1.61 bits per heavy atom. The van der Waals surface area contributed by atoms with Gasteiger partial charge in [0.05, 0.1) is 22.5 Å². The fraction of sp³-hybridized carbons (Fsp3) is 0.452. The van der Waals surface area contributed by atoms with Gasteiger partial charge in [0.1, 0.15) is 11.6 Å². The van der Waals surface area contributed by atoms with Crippen LogP contribution in [0.5, 0.6) is 0 Å². The second-order valence-electron chi connectivity index (χ2n) is 11.8. The van der Waals surface area contributed by atoms with Crippen molar-refractivity contribution in [1.29, 1.82) is 0 Å². The van der Waals surface area contributed by atoms with Crippen molar-refractivity contribution in [2.24, 2.45) is 0 Å². The number of amides is 1. The summed E-state index contributed by atoms with van der Waals surface area (Å²) >= 11 is 0. The molecule has 8 nitrogen and oxygen atoms in total. The molecule has 3 fully saturated rings. The number of nitrogens with one attached hydrogen (secondary N) is 1. The zero-order valence-electron chi connectivity index (χ0n) is 24.5. The molecule has 1 atom stereocenters. The number of hydrogen-bond acceptors (Lipinski definition) is 7. The summed E-state index contributed by atoms with van der Waals surface area (Å²) in [6, 6.07) is 5.37. The molecule has 1 aromatic heterocycles. The first kappa shape index (κ1) is 30.2. The molecule has 1 saturated carbocycles. The minimum atomic E-state index is -4.96. The molecular weight excluding hydrogens is 581 g/mol. The number of halogens is 5. The van der Waals surface area contributed by atoms with Crippen LogP contribution in [0.3, 0.4) is 0 Å². The summed E-state index contributed by atoms with van der Waals surface area (Å²) in [5.74, 6) is -2.25. The number of carbonyl (C=O) groups is 1. The summed E-state index contributed by atoms with van der Waals surface area (Å²) in [6.45, 7) is 7.15. The summed E-state index contributed by atoms with van der Waals surface area (Å²) in [5, 5.41) is 2.56. The quantitative estimate of drug-likeness (QED) is 0.387. The van der Waals surface area contributed by atoms with Gasteiger partial charge in [0.15, 0.2) is 0 Å². The van der Waals surface area contributed by atoms with E-state index in [1.807, 2.05) is 18.9 Å². The van der Waals surface area contributed by atoms with Gasteiger partial charge in [-0.05, 0) is 57.1 Å². The van der Waals surface area contributed by atoms with Crippen molar-refractivity contribution in [2.45, 2.75) is 38.0 Å². The van der Waals surface area contributed by atoms with Crippen molar-refractivity contribution >= 4 is 23.2 Å². The lowest BCUT2D eigenvalue weighted by molar-refractivity contribution is -0.138. The van der Waals surface area contributed by atoms with E-state index in [9.17, 15) is 22.4 Å². The second kappa shape index (κ2) is 11.9. The Morgan fingerprint density at radius 1 is 0.932 bits per heavy atom. The highest BCUT2D eigenvalue weighted by atomic mass is 19.4. The lowest BCUT2D eigenvalue weighted by Gasteiger charge is -2.39. The average molecular weight is 616 g/mol. The van der Waals surface area contributed by atoms with Gasteiger partial charge in [-0.25, -0.2) is 18.7 Å². The lowest BCUT2D eigenvalue weighted by atomic mass is 10.0. The largest absolute Gasteiger partial charge is 0.417 e. The topological polar surface area (TPSA) is 67.8 Å². The normalized spacial score (nSPS) is 20.2. The number of rotatable bonds is 6. The number of carbonyl (C=O) groups excluding carboxylic acids is 1. The van der Waals surface area contributed by atoms with Gasteiger partial charge in [-0.3, -0.25) is 9.69 Å². The Labute approximate surface area is 252 Å². The van der Waals surface area contributed by atoms with Crippen LogP contribution in [0, 0.1) is 11.6 Å². The van der Waals surface area contributed by atoms with Gasteiger partial charge in [0, 0.05) is 81.4 Å². The van der Waals surface area contributed by atoms with Crippen molar-refractivity contribution in [2.75, 3.05) is 68.0 Å². The maximum absolute atomic E-state index is 15.7. The zero-order valence-corrected chi connectivity index (χ0v) is 24.5. The Kier molecular flexibility index (Phi) is 8.18. The maximum atomic E-state index is 15.7. The van der Waals surface area contributed by atoms with E-state index in [1.165, 1.54) is 37.4 Å². The van der Waals surface area contributed by atoms with Crippen LogP contribution >= 0.6 is 0 Å². The van der Waals surface area contributed by atoms with Gasteiger partial charge in [0.25, 0.3) is 5.91 Å². The number of nitrogens with zero attached hydrogens (tertiary/aromatic N) is 6. The Balaban J connectivity index is 1.31. The molecule has 2 saturated heterocycles. The van der Waals surface area contributed by atoms with Crippen molar-refractivity contribution < 1.29 is 26.7 Å². The molecule has 0 unspecified atom stereocenters. The molecule has 0 spiro atoms. The van der Waals surface area contributed by atoms with Crippen LogP contribution in [0.25, 0.3) is 11.1 Å². The lowest BCUT2D eigenvalue weighted by Crippen LogP contribution is -2.50. The van der Waals surface area contributed by atoms with E-state index in [4.69, 9.17) is 0 Å². The molecule has 3 aromatic rings. The first-order valence-electron chi connectivity index (χ1n) is 14.8. The third-order valence-electron chi connectivity index (χ3n) is 8.78. The molecule has 1 N–H and O–H groups in total. The fourth-order valence-corrected chi connectivity index (χ4v) is 5.90. The summed E-state index contributed by atoms with van der Waals surface area (Å²) in [7, 11) is 1.97. The van der Waals surface area contributed by atoms with E-state index < -0.39 is 34.8 Å². The van der Waals surface area contributed by atoms with Crippen LogP contribution in [-0.4, -0.2) is 90.6 Å². The number of aromatic nitrogens is 2. The van der Waals surface area contributed by atoms with Gasteiger partial charge in [0.2, 0.25) is 5.95 Å². The van der Waals surface area contributed by atoms with Crippen LogP contribution in [0.15, 0.2) is 42.7 Å². The molecule has 0 radical (unpaired) electrons. The number of hydrogen-bond donors (Lipinski definition) is 1. The molecule has 3 aliphatic rings. The minimum absolute atomic E-state index is 0.0893. The fourth-order valence-electron chi connectivity index (χ4n) is 5.90. The van der Waals surface area contributed by atoms with Crippen molar-refractivity contribution in [1.82, 2.24) is 19.8 Å². The molecular formula is C31H34F5N7O. The summed E-state index contributed by atoms with van der Waals surface area (Å²) < 4.78 is 70.6. The van der Waals surface area contributed by atoms with Crippen LogP contribution in [0.1, 0.15) is 35.7 Å². The SMILES string of the molecule is C[C@@H]1CN(c2cc(F)c(-c3cnc(N4CCN(C5CC5)CC4)nc3)cc2NC(=O)c2ccc(F)cc2C(F)(F)F)CCN1C. The molecule has 44 heavy (non-hydrogen) atoms. The van der Waals surface area contributed by atoms with Crippen molar-refractivity contribution in [3.8, 4) is 11.1 Å². The van der Waals surface area contributed by atoms with Crippen LogP contribution < -0.4 is 15.1 Å². The van der Waals surface area contributed by atoms with Crippen LogP contribution in [0.2, 0.25) is 0 Å². The number of anilines is 3. The summed E-state index contributed by atoms with van der Waals surface area (Å²) in [6.07, 6.45) is 0.568. The molecule has 0 bridgehead atoms. The molecule has 1 amide bonds. The third kappa shape index (κ3) is 6.34.